The molecule has 2 aliphatic rings. The molecule has 0 bridgehead atoms. The smallest absolute Gasteiger partial charge is 0.315 e. The molecule has 1 aromatic heterocycles. The van der Waals surface area contributed by atoms with Gasteiger partial charge in [-0.1, -0.05) is 30.3 Å². The minimum Gasteiger partial charge on any atom is -0.459 e. The van der Waals surface area contributed by atoms with Crippen LogP contribution in [0.25, 0.3) is 11.3 Å². The topological polar surface area (TPSA) is 73.5 Å². The van der Waals surface area contributed by atoms with Crippen molar-refractivity contribution >= 4 is 23.0 Å². The van der Waals surface area contributed by atoms with Gasteiger partial charge >= 0.3 is 5.97 Å². The molecule has 3 heterocycles. The summed E-state index contributed by atoms with van der Waals surface area (Å²) >= 11 is 0. The third-order valence-corrected chi connectivity index (χ3v) is 4.67. The zero-order chi connectivity index (χ0) is 18.3. The molecule has 6 nitrogen and oxygen atoms in total. The van der Waals surface area contributed by atoms with Crippen molar-refractivity contribution in [2.24, 2.45) is 10.9 Å². The van der Waals surface area contributed by atoms with Crippen molar-refractivity contribution < 1.29 is 9.53 Å². The van der Waals surface area contributed by atoms with Crippen LogP contribution in [0.4, 0.5) is 0 Å². The molecular formula is C20H19N3O3. The van der Waals surface area contributed by atoms with Crippen molar-refractivity contribution in [3.63, 3.8) is 0 Å². The Kier molecular flexibility index (Phi) is 4.03. The van der Waals surface area contributed by atoms with Gasteiger partial charge < -0.3 is 4.74 Å². The maximum Gasteiger partial charge on any atom is 0.315 e. The monoisotopic (exact) mass is 349 g/mol. The van der Waals surface area contributed by atoms with Crippen molar-refractivity contribution in [3.8, 4) is 0 Å². The molecule has 0 saturated carbocycles. The second-order valence-electron chi connectivity index (χ2n) is 6.76. The number of carbonyl (C=O) groups is 1. The van der Waals surface area contributed by atoms with Gasteiger partial charge in [-0.05, 0) is 26.3 Å². The van der Waals surface area contributed by atoms with Crippen LogP contribution in [0.5, 0.6) is 0 Å². The minimum atomic E-state index is -0.362. The van der Waals surface area contributed by atoms with Crippen LogP contribution in [0.2, 0.25) is 0 Å². The summed E-state index contributed by atoms with van der Waals surface area (Å²) < 4.78 is 6.63. The fourth-order valence-corrected chi connectivity index (χ4v) is 3.32. The lowest BCUT2D eigenvalue weighted by Gasteiger charge is -2.21. The molecule has 0 N–H and O–H groups in total. The summed E-state index contributed by atoms with van der Waals surface area (Å²) in [6, 6.07) is 13.0. The van der Waals surface area contributed by atoms with Crippen molar-refractivity contribution in [3.05, 3.63) is 64.1 Å². The lowest BCUT2D eigenvalue weighted by Crippen LogP contribution is -2.26. The standard InChI is InChI=1S/C20H19N3O3/c1-12(2)23-18(24)9-8-16(22-23)14-10-15-17(11-26-20(15)25)21-19(14)13-6-4-3-5-7-13/h3-9,12,15H,10-11H2,1-2H3. The summed E-state index contributed by atoms with van der Waals surface area (Å²) in [6.07, 6.45) is 0.477. The number of carbonyl (C=O) groups excluding carboxylic acids is 1. The molecule has 0 aliphatic carbocycles. The number of rotatable bonds is 3. The van der Waals surface area contributed by atoms with Gasteiger partial charge in [0.25, 0.3) is 5.56 Å². The van der Waals surface area contributed by atoms with Crippen LogP contribution in [-0.2, 0) is 9.53 Å². The second kappa shape index (κ2) is 6.37. The fourth-order valence-electron chi connectivity index (χ4n) is 3.32. The summed E-state index contributed by atoms with van der Waals surface area (Å²) in [4.78, 5) is 28.9. The van der Waals surface area contributed by atoms with E-state index in [0.29, 0.717) is 12.1 Å². The highest BCUT2D eigenvalue weighted by Gasteiger charge is 2.38. The molecule has 26 heavy (non-hydrogen) atoms. The zero-order valence-electron chi connectivity index (χ0n) is 14.7. The maximum absolute atomic E-state index is 12.1. The highest BCUT2D eigenvalue weighted by molar-refractivity contribution is 6.14. The van der Waals surface area contributed by atoms with Crippen LogP contribution in [0.15, 0.2) is 52.3 Å². The Labute approximate surface area is 150 Å². The molecule has 2 aromatic rings. The number of hydrogen-bond acceptors (Lipinski definition) is 5. The van der Waals surface area contributed by atoms with Gasteiger partial charge in [-0.2, -0.15) is 5.10 Å². The first-order valence-corrected chi connectivity index (χ1v) is 8.67. The predicted octanol–water partition coefficient (Wildman–Crippen LogP) is 2.71. The second-order valence-corrected chi connectivity index (χ2v) is 6.76. The molecule has 1 unspecified atom stereocenters. The predicted molar refractivity (Wildman–Crippen MR) is 98.6 cm³/mol. The van der Waals surface area contributed by atoms with Gasteiger partial charge in [-0.15, -0.1) is 0 Å². The van der Waals surface area contributed by atoms with Gasteiger partial charge in [-0.25, -0.2) is 4.68 Å². The number of cyclic esters (lactones) is 1. The number of aromatic nitrogens is 2. The van der Waals surface area contributed by atoms with Gasteiger partial charge in [-0.3, -0.25) is 14.6 Å². The molecular weight excluding hydrogens is 330 g/mol. The number of esters is 1. The third-order valence-electron chi connectivity index (χ3n) is 4.67. The first-order chi connectivity index (χ1) is 12.5. The minimum absolute atomic E-state index is 0.0534. The number of benzene rings is 1. The van der Waals surface area contributed by atoms with Gasteiger partial charge in [0.2, 0.25) is 0 Å². The van der Waals surface area contributed by atoms with E-state index < -0.39 is 0 Å². The van der Waals surface area contributed by atoms with Crippen LogP contribution < -0.4 is 5.56 Å². The van der Waals surface area contributed by atoms with Crippen LogP contribution in [0, 0.1) is 5.92 Å². The Hall–Kier alpha value is -3.02. The van der Waals surface area contributed by atoms with Crippen LogP contribution in [0.3, 0.4) is 0 Å². The van der Waals surface area contributed by atoms with E-state index in [1.807, 2.05) is 44.2 Å². The lowest BCUT2D eigenvalue weighted by atomic mass is 9.88. The molecule has 1 saturated heterocycles. The van der Waals surface area contributed by atoms with Crippen molar-refractivity contribution in [1.29, 1.82) is 0 Å². The molecule has 0 radical (unpaired) electrons. The van der Waals surface area contributed by atoms with E-state index in [4.69, 9.17) is 9.73 Å². The lowest BCUT2D eigenvalue weighted by molar-refractivity contribution is -0.141. The molecule has 1 atom stereocenters. The van der Waals surface area contributed by atoms with Crippen LogP contribution >= 0.6 is 0 Å². The molecule has 1 aromatic carbocycles. The Morgan fingerprint density at radius 2 is 1.88 bits per heavy atom. The largest absolute Gasteiger partial charge is 0.459 e. The highest BCUT2D eigenvalue weighted by atomic mass is 16.5. The molecule has 1 fully saturated rings. The number of fused-ring (bicyclic) bond motifs is 1. The Bertz CT molecular complexity index is 987. The number of aliphatic imine (C=N–C) groups is 1. The molecule has 132 valence electrons. The number of allylic oxidation sites excluding steroid dienone is 1. The third kappa shape index (κ3) is 2.77. The number of hydrogen-bond donors (Lipinski definition) is 0. The first kappa shape index (κ1) is 16.4. The zero-order valence-corrected chi connectivity index (χ0v) is 14.7. The SMILES string of the molecule is CC(C)n1nc(C2=C(c3ccccc3)N=C3COC(=O)C3C2)ccc1=O. The average Bonchev–Trinajstić information content (AvgIpc) is 3.02. The summed E-state index contributed by atoms with van der Waals surface area (Å²) in [5.74, 6) is -0.607. The van der Waals surface area contributed by atoms with Gasteiger partial charge in [0.1, 0.15) is 12.5 Å². The van der Waals surface area contributed by atoms with E-state index in [2.05, 4.69) is 5.10 Å². The highest BCUT2D eigenvalue weighted by Crippen LogP contribution is 2.38. The van der Waals surface area contributed by atoms with E-state index in [1.54, 1.807) is 6.07 Å². The van der Waals surface area contributed by atoms with Gasteiger partial charge in [0.05, 0.1) is 23.1 Å². The van der Waals surface area contributed by atoms with Crippen LogP contribution in [0.1, 0.15) is 37.6 Å². The van der Waals surface area contributed by atoms with E-state index >= 15 is 0 Å². The molecule has 6 heteroatoms. The van der Waals surface area contributed by atoms with E-state index in [9.17, 15) is 9.59 Å². The molecule has 0 spiro atoms. The fraction of sp³-hybridized carbons (Fsp3) is 0.300. The van der Waals surface area contributed by atoms with Crippen LogP contribution in [-0.4, -0.2) is 28.1 Å². The van der Waals surface area contributed by atoms with E-state index in [-0.39, 0.29) is 30.1 Å². The summed E-state index contributed by atoms with van der Waals surface area (Å²) in [7, 11) is 0. The van der Waals surface area contributed by atoms with Crippen molar-refractivity contribution in [2.45, 2.75) is 26.3 Å². The summed E-state index contributed by atoms with van der Waals surface area (Å²) in [5, 5.41) is 4.54. The van der Waals surface area contributed by atoms with Crippen molar-refractivity contribution in [2.75, 3.05) is 6.61 Å². The molecule has 0 amide bonds. The van der Waals surface area contributed by atoms with E-state index in [0.717, 1.165) is 22.5 Å². The van der Waals surface area contributed by atoms with Gasteiger partial charge in [0, 0.05) is 17.2 Å². The first-order valence-electron chi connectivity index (χ1n) is 8.67. The number of ether oxygens (including phenoxy) is 1. The van der Waals surface area contributed by atoms with E-state index in [1.165, 1.54) is 10.7 Å². The molecule has 2 aliphatic heterocycles. The number of nitrogens with zero attached hydrogens (tertiary/aromatic N) is 3. The Balaban J connectivity index is 1.91. The molecule has 4 rings (SSSR count). The summed E-state index contributed by atoms with van der Waals surface area (Å²) in [6.45, 7) is 4.07. The van der Waals surface area contributed by atoms with Crippen molar-refractivity contribution in [1.82, 2.24) is 9.78 Å². The Morgan fingerprint density at radius 1 is 1.12 bits per heavy atom. The Morgan fingerprint density at radius 3 is 2.62 bits per heavy atom. The normalized spacial score (nSPS) is 19.4. The quantitative estimate of drug-likeness (QED) is 0.799. The maximum atomic E-state index is 12.1. The average molecular weight is 349 g/mol. The summed E-state index contributed by atoms with van der Waals surface area (Å²) in [5.41, 5.74) is 3.88. The van der Waals surface area contributed by atoms with Gasteiger partial charge in [0.15, 0.2) is 0 Å².